The molecule has 2 rings (SSSR count). The molecule has 1 atom stereocenters. The molecule has 0 spiro atoms. The highest BCUT2D eigenvalue weighted by molar-refractivity contribution is 9.10. The molecule has 116 valence electrons. The minimum Gasteiger partial charge on any atom is -0.366 e. The highest BCUT2D eigenvalue weighted by atomic mass is 79.9. The van der Waals surface area contributed by atoms with E-state index in [2.05, 4.69) is 33.1 Å². The number of nitro benzene ring substituents is 1. The lowest BCUT2D eigenvalue weighted by Crippen LogP contribution is -2.39. The zero-order valence-corrected chi connectivity index (χ0v) is 13.9. The SMILES string of the molecule is CCCN(CC1CCCNC1)c1cc(Br)ccc1[N+](=O)[O-]. The van der Waals surface area contributed by atoms with Crippen LogP contribution in [-0.4, -0.2) is 31.1 Å². The van der Waals surface area contributed by atoms with Gasteiger partial charge in [0.05, 0.1) is 4.92 Å². The lowest BCUT2D eigenvalue weighted by molar-refractivity contribution is -0.384. The van der Waals surface area contributed by atoms with Crippen LogP contribution in [0.5, 0.6) is 0 Å². The molecule has 1 aliphatic heterocycles. The molecule has 1 heterocycles. The Morgan fingerprint density at radius 2 is 2.33 bits per heavy atom. The molecule has 1 aromatic carbocycles. The third-order valence-corrected chi connectivity index (χ3v) is 4.34. The van der Waals surface area contributed by atoms with Crippen LogP contribution < -0.4 is 10.2 Å². The van der Waals surface area contributed by atoms with Crippen molar-refractivity contribution in [2.75, 3.05) is 31.1 Å². The van der Waals surface area contributed by atoms with Crippen LogP contribution in [0.15, 0.2) is 22.7 Å². The number of piperidine rings is 1. The second kappa shape index (κ2) is 7.75. The summed E-state index contributed by atoms with van der Waals surface area (Å²) in [6.45, 7) is 5.91. The lowest BCUT2D eigenvalue weighted by atomic mass is 9.98. The average Bonchev–Trinajstić information content (AvgIpc) is 2.47. The van der Waals surface area contributed by atoms with Crippen LogP contribution >= 0.6 is 15.9 Å². The summed E-state index contributed by atoms with van der Waals surface area (Å²) in [6, 6.07) is 5.18. The summed E-state index contributed by atoms with van der Waals surface area (Å²) < 4.78 is 0.881. The van der Waals surface area contributed by atoms with Crippen LogP contribution in [0, 0.1) is 16.0 Å². The van der Waals surface area contributed by atoms with E-state index in [1.807, 2.05) is 6.07 Å². The summed E-state index contributed by atoms with van der Waals surface area (Å²) in [6.07, 6.45) is 3.35. The van der Waals surface area contributed by atoms with E-state index < -0.39 is 0 Å². The molecule has 6 heteroatoms. The number of benzene rings is 1. The second-order valence-electron chi connectivity index (χ2n) is 5.55. The quantitative estimate of drug-likeness (QED) is 0.625. The molecule has 1 saturated heterocycles. The normalized spacial score (nSPS) is 18.5. The maximum Gasteiger partial charge on any atom is 0.292 e. The van der Waals surface area contributed by atoms with Crippen LogP contribution in [0.2, 0.25) is 0 Å². The van der Waals surface area contributed by atoms with Gasteiger partial charge in [0.2, 0.25) is 0 Å². The topological polar surface area (TPSA) is 58.4 Å². The van der Waals surface area contributed by atoms with Gasteiger partial charge >= 0.3 is 0 Å². The fourth-order valence-electron chi connectivity index (χ4n) is 2.88. The van der Waals surface area contributed by atoms with Crippen molar-refractivity contribution in [3.63, 3.8) is 0 Å². The summed E-state index contributed by atoms with van der Waals surface area (Å²) in [5, 5.41) is 14.7. The highest BCUT2D eigenvalue weighted by Gasteiger charge is 2.23. The molecule has 1 aromatic rings. The fraction of sp³-hybridized carbons (Fsp3) is 0.600. The second-order valence-corrected chi connectivity index (χ2v) is 6.46. The van der Waals surface area contributed by atoms with Crippen molar-refractivity contribution in [1.29, 1.82) is 0 Å². The Morgan fingerprint density at radius 3 is 2.95 bits per heavy atom. The van der Waals surface area contributed by atoms with E-state index >= 15 is 0 Å². The lowest BCUT2D eigenvalue weighted by Gasteiger charge is -2.31. The van der Waals surface area contributed by atoms with E-state index in [0.717, 1.165) is 42.8 Å². The molecule has 1 N–H and O–H groups in total. The predicted octanol–water partition coefficient (Wildman–Crippen LogP) is 3.57. The largest absolute Gasteiger partial charge is 0.366 e. The van der Waals surface area contributed by atoms with Gasteiger partial charge in [0.15, 0.2) is 0 Å². The molecule has 0 amide bonds. The number of halogens is 1. The van der Waals surface area contributed by atoms with Gasteiger partial charge in [-0.25, -0.2) is 0 Å². The predicted molar refractivity (Wildman–Crippen MR) is 88.9 cm³/mol. The van der Waals surface area contributed by atoms with Crippen molar-refractivity contribution in [3.05, 3.63) is 32.8 Å². The van der Waals surface area contributed by atoms with Crippen LogP contribution in [-0.2, 0) is 0 Å². The van der Waals surface area contributed by atoms with Gasteiger partial charge in [-0.15, -0.1) is 0 Å². The van der Waals surface area contributed by atoms with E-state index in [-0.39, 0.29) is 10.6 Å². The first-order chi connectivity index (χ1) is 10.1. The van der Waals surface area contributed by atoms with Crippen molar-refractivity contribution >= 4 is 27.3 Å². The molecular weight excluding hydrogens is 334 g/mol. The Morgan fingerprint density at radius 1 is 1.52 bits per heavy atom. The first kappa shape index (κ1) is 16.2. The number of nitro groups is 1. The molecule has 0 aromatic heterocycles. The molecule has 0 saturated carbocycles. The van der Waals surface area contributed by atoms with Crippen molar-refractivity contribution in [1.82, 2.24) is 5.32 Å². The van der Waals surface area contributed by atoms with Gasteiger partial charge in [0.25, 0.3) is 5.69 Å². The van der Waals surface area contributed by atoms with Crippen molar-refractivity contribution in [2.24, 2.45) is 5.92 Å². The monoisotopic (exact) mass is 355 g/mol. The number of hydrogen-bond donors (Lipinski definition) is 1. The Kier molecular flexibility index (Phi) is 5.99. The van der Waals surface area contributed by atoms with E-state index in [9.17, 15) is 10.1 Å². The van der Waals surface area contributed by atoms with Crippen molar-refractivity contribution < 1.29 is 4.92 Å². The van der Waals surface area contributed by atoms with Crippen LogP contribution in [0.25, 0.3) is 0 Å². The molecule has 5 nitrogen and oxygen atoms in total. The Hall–Kier alpha value is -1.14. The van der Waals surface area contributed by atoms with E-state index in [1.165, 1.54) is 12.8 Å². The summed E-state index contributed by atoms with van der Waals surface area (Å²) in [5.74, 6) is 0.559. The molecule has 21 heavy (non-hydrogen) atoms. The summed E-state index contributed by atoms with van der Waals surface area (Å²) >= 11 is 3.43. The first-order valence-electron chi connectivity index (χ1n) is 7.51. The zero-order chi connectivity index (χ0) is 15.2. The van der Waals surface area contributed by atoms with Gasteiger partial charge in [-0.05, 0) is 50.4 Å². The molecular formula is C15H22BrN3O2. The van der Waals surface area contributed by atoms with Gasteiger partial charge in [-0.3, -0.25) is 10.1 Å². The Balaban J connectivity index is 2.23. The average molecular weight is 356 g/mol. The number of nitrogens with one attached hydrogen (secondary N) is 1. The maximum atomic E-state index is 11.3. The summed E-state index contributed by atoms with van der Waals surface area (Å²) in [4.78, 5) is 13.2. The Bertz CT molecular complexity index is 490. The number of hydrogen-bond acceptors (Lipinski definition) is 4. The van der Waals surface area contributed by atoms with Crippen LogP contribution in [0.4, 0.5) is 11.4 Å². The van der Waals surface area contributed by atoms with Gasteiger partial charge < -0.3 is 10.2 Å². The van der Waals surface area contributed by atoms with Crippen molar-refractivity contribution in [2.45, 2.75) is 26.2 Å². The number of nitrogens with zero attached hydrogens (tertiary/aromatic N) is 2. The van der Waals surface area contributed by atoms with Crippen molar-refractivity contribution in [3.8, 4) is 0 Å². The van der Waals surface area contributed by atoms with Crippen LogP contribution in [0.3, 0.4) is 0 Å². The van der Waals surface area contributed by atoms with Crippen LogP contribution in [0.1, 0.15) is 26.2 Å². The van der Waals surface area contributed by atoms with Gasteiger partial charge in [-0.1, -0.05) is 22.9 Å². The zero-order valence-electron chi connectivity index (χ0n) is 12.3. The minimum atomic E-state index is -0.288. The Labute approximate surface area is 134 Å². The highest BCUT2D eigenvalue weighted by Crippen LogP contribution is 2.32. The number of anilines is 1. The molecule has 0 aliphatic carbocycles. The molecule has 1 aliphatic rings. The van der Waals surface area contributed by atoms with Gasteiger partial charge in [-0.2, -0.15) is 0 Å². The van der Waals surface area contributed by atoms with E-state index in [4.69, 9.17) is 0 Å². The van der Waals surface area contributed by atoms with Gasteiger partial charge in [0, 0.05) is 23.6 Å². The third kappa shape index (κ3) is 4.41. The minimum absolute atomic E-state index is 0.190. The molecule has 0 bridgehead atoms. The first-order valence-corrected chi connectivity index (χ1v) is 8.30. The molecule has 1 fully saturated rings. The molecule has 0 radical (unpaired) electrons. The fourth-order valence-corrected chi connectivity index (χ4v) is 3.22. The standard InChI is InChI=1S/C15H22BrN3O2/c1-2-8-18(11-12-4-3-7-17-10-12)15-9-13(16)5-6-14(15)19(20)21/h5-6,9,12,17H,2-4,7-8,10-11H2,1H3. The van der Waals surface area contributed by atoms with Gasteiger partial charge in [0.1, 0.15) is 5.69 Å². The maximum absolute atomic E-state index is 11.3. The van der Waals surface area contributed by atoms with E-state index in [1.54, 1.807) is 12.1 Å². The van der Waals surface area contributed by atoms with E-state index in [0.29, 0.717) is 5.92 Å². The summed E-state index contributed by atoms with van der Waals surface area (Å²) in [5.41, 5.74) is 0.914. The molecule has 1 unspecified atom stereocenters. The number of rotatable bonds is 6. The summed E-state index contributed by atoms with van der Waals surface area (Å²) in [7, 11) is 0. The smallest absolute Gasteiger partial charge is 0.292 e. The third-order valence-electron chi connectivity index (χ3n) is 3.85.